The average Bonchev–Trinajstić information content (AvgIpc) is 1.58. The molecule has 1 heteroatoms. The maximum atomic E-state index is 3.84. The summed E-state index contributed by atoms with van der Waals surface area (Å²) in [6, 6.07) is 1.33. The highest BCUT2D eigenvalue weighted by Gasteiger charge is 1.95. The minimum absolute atomic E-state index is 0.397. The summed E-state index contributed by atoms with van der Waals surface area (Å²) in [5.41, 5.74) is 2.67. The zero-order valence-corrected chi connectivity index (χ0v) is 8.72. The van der Waals surface area contributed by atoms with Gasteiger partial charge in [0.15, 0.2) is 0 Å². The van der Waals surface area contributed by atoms with Crippen LogP contribution in [0.2, 0.25) is 19.1 Å². The van der Waals surface area contributed by atoms with Crippen molar-refractivity contribution in [3.8, 4) is 0 Å². The molecule has 0 amide bonds. The molecular weight excluding hydrogens is 136 g/mol. The third-order valence-corrected chi connectivity index (χ3v) is 2.68. The van der Waals surface area contributed by atoms with Gasteiger partial charge in [0.25, 0.3) is 0 Å². The lowest BCUT2D eigenvalue weighted by atomic mass is 10.2. The van der Waals surface area contributed by atoms with E-state index in [2.05, 4.69) is 32.7 Å². The second kappa shape index (κ2) is 4.50. The van der Waals surface area contributed by atoms with Gasteiger partial charge in [-0.1, -0.05) is 36.9 Å². The summed E-state index contributed by atoms with van der Waals surface area (Å²) in [4.78, 5) is 0. The molecule has 0 N–H and O–H groups in total. The van der Waals surface area contributed by atoms with Gasteiger partial charge in [-0.2, -0.15) is 0 Å². The molecule has 0 aliphatic rings. The van der Waals surface area contributed by atoms with Gasteiger partial charge in [-0.25, -0.2) is 0 Å². The molecule has 0 aromatic rings. The lowest BCUT2D eigenvalue weighted by Gasteiger charge is -2.02. The molecule has 0 rings (SSSR count). The maximum absolute atomic E-state index is 3.84. The monoisotopic (exact) mass is 154 g/mol. The van der Waals surface area contributed by atoms with E-state index in [-0.39, 0.29) is 0 Å². The van der Waals surface area contributed by atoms with Crippen LogP contribution in [-0.4, -0.2) is 8.80 Å². The fourth-order valence-corrected chi connectivity index (χ4v) is 2.53. The minimum atomic E-state index is -0.397. The smallest absolute Gasteiger partial charge is 0.0348 e. The SMILES string of the molecule is C=C(C)C=C(C)C[SiH](C)C. The van der Waals surface area contributed by atoms with Gasteiger partial charge in [0.2, 0.25) is 0 Å². The van der Waals surface area contributed by atoms with Crippen molar-refractivity contribution in [2.45, 2.75) is 33.0 Å². The van der Waals surface area contributed by atoms with Crippen molar-refractivity contribution in [3.05, 3.63) is 23.8 Å². The number of rotatable bonds is 3. The molecule has 0 nitrogen and oxygen atoms in total. The first-order chi connectivity index (χ1) is 4.52. The minimum Gasteiger partial charge on any atom is -0.0961 e. The highest BCUT2D eigenvalue weighted by atomic mass is 28.3. The summed E-state index contributed by atoms with van der Waals surface area (Å²) in [7, 11) is -0.397. The fraction of sp³-hybridized carbons (Fsp3) is 0.556. The first kappa shape index (κ1) is 9.70. The van der Waals surface area contributed by atoms with Crippen LogP contribution in [0.25, 0.3) is 0 Å². The molecule has 0 aliphatic carbocycles. The summed E-state index contributed by atoms with van der Waals surface area (Å²) in [6.07, 6.45) is 2.19. The van der Waals surface area contributed by atoms with Gasteiger partial charge in [-0.3, -0.25) is 0 Å². The molecule has 0 aromatic heterocycles. The Labute approximate surface area is 66.3 Å². The molecule has 10 heavy (non-hydrogen) atoms. The van der Waals surface area contributed by atoms with E-state index >= 15 is 0 Å². The van der Waals surface area contributed by atoms with Gasteiger partial charge in [-0.15, -0.1) is 0 Å². The Balaban J connectivity index is 3.83. The van der Waals surface area contributed by atoms with Crippen LogP contribution in [0.1, 0.15) is 13.8 Å². The molecular formula is C9H18Si. The fourth-order valence-electron chi connectivity index (χ4n) is 1.12. The van der Waals surface area contributed by atoms with Crippen molar-refractivity contribution in [1.29, 1.82) is 0 Å². The summed E-state index contributed by atoms with van der Waals surface area (Å²) in [5, 5.41) is 0. The van der Waals surface area contributed by atoms with Crippen LogP contribution >= 0.6 is 0 Å². The molecule has 0 aliphatic heterocycles. The number of allylic oxidation sites excluding steroid dienone is 3. The van der Waals surface area contributed by atoms with E-state index in [1.165, 1.54) is 17.2 Å². The zero-order valence-electron chi connectivity index (χ0n) is 7.57. The van der Waals surface area contributed by atoms with E-state index in [4.69, 9.17) is 0 Å². The Morgan fingerprint density at radius 1 is 1.40 bits per heavy atom. The molecule has 0 aromatic carbocycles. The van der Waals surface area contributed by atoms with Crippen LogP contribution in [0.4, 0.5) is 0 Å². The first-order valence-corrected chi connectivity index (χ1v) is 6.97. The van der Waals surface area contributed by atoms with Gasteiger partial charge in [0.1, 0.15) is 0 Å². The highest BCUT2D eigenvalue weighted by Crippen LogP contribution is 2.07. The van der Waals surface area contributed by atoms with E-state index in [1.54, 1.807) is 0 Å². The lowest BCUT2D eigenvalue weighted by Crippen LogP contribution is -1.98. The molecule has 0 spiro atoms. The topological polar surface area (TPSA) is 0 Å². The molecule has 58 valence electrons. The normalized spacial score (nSPS) is 12.3. The Morgan fingerprint density at radius 3 is 2.20 bits per heavy atom. The van der Waals surface area contributed by atoms with Gasteiger partial charge in [0, 0.05) is 8.80 Å². The Morgan fingerprint density at radius 2 is 1.90 bits per heavy atom. The van der Waals surface area contributed by atoms with Crippen molar-refractivity contribution >= 4 is 8.80 Å². The number of hydrogen-bond acceptors (Lipinski definition) is 0. The maximum Gasteiger partial charge on any atom is 0.0348 e. The molecule has 0 bridgehead atoms. The number of hydrogen-bond donors (Lipinski definition) is 0. The molecule has 0 heterocycles. The second-order valence-corrected chi connectivity index (χ2v) is 6.63. The molecule has 0 fully saturated rings. The van der Waals surface area contributed by atoms with Crippen LogP contribution in [-0.2, 0) is 0 Å². The van der Waals surface area contributed by atoms with Crippen molar-refractivity contribution in [2.75, 3.05) is 0 Å². The highest BCUT2D eigenvalue weighted by molar-refractivity contribution is 6.56. The van der Waals surface area contributed by atoms with Crippen molar-refractivity contribution in [2.24, 2.45) is 0 Å². The Bertz CT molecular complexity index is 143. The standard InChI is InChI=1S/C9H18Si/c1-8(2)6-9(3)7-10(4)5/h6,10H,1,7H2,2-5H3. The van der Waals surface area contributed by atoms with E-state index in [0.717, 1.165) is 0 Å². The quantitative estimate of drug-likeness (QED) is 0.433. The van der Waals surface area contributed by atoms with Crippen molar-refractivity contribution in [3.63, 3.8) is 0 Å². The Kier molecular flexibility index (Phi) is 4.37. The molecule has 0 saturated heterocycles. The molecule has 0 radical (unpaired) electrons. The van der Waals surface area contributed by atoms with E-state index in [1.807, 2.05) is 6.92 Å². The van der Waals surface area contributed by atoms with Gasteiger partial charge >= 0.3 is 0 Å². The predicted octanol–water partition coefficient (Wildman–Crippen LogP) is 3.00. The third kappa shape index (κ3) is 5.83. The van der Waals surface area contributed by atoms with Gasteiger partial charge < -0.3 is 0 Å². The van der Waals surface area contributed by atoms with E-state index < -0.39 is 8.80 Å². The summed E-state index contributed by atoms with van der Waals surface area (Å²) < 4.78 is 0. The lowest BCUT2D eigenvalue weighted by molar-refractivity contribution is 1.32. The first-order valence-electron chi connectivity index (χ1n) is 3.85. The summed E-state index contributed by atoms with van der Waals surface area (Å²) >= 11 is 0. The molecule has 0 saturated carbocycles. The third-order valence-electron chi connectivity index (χ3n) is 1.22. The zero-order chi connectivity index (χ0) is 8.15. The van der Waals surface area contributed by atoms with Crippen LogP contribution in [0.3, 0.4) is 0 Å². The molecule has 0 unspecified atom stereocenters. The van der Waals surface area contributed by atoms with Crippen LogP contribution in [0, 0.1) is 0 Å². The van der Waals surface area contributed by atoms with Crippen molar-refractivity contribution in [1.82, 2.24) is 0 Å². The summed E-state index contributed by atoms with van der Waals surface area (Å²) in [5.74, 6) is 0. The van der Waals surface area contributed by atoms with Crippen LogP contribution in [0.5, 0.6) is 0 Å². The van der Waals surface area contributed by atoms with Gasteiger partial charge in [0.05, 0.1) is 0 Å². The average molecular weight is 154 g/mol. The second-order valence-electron chi connectivity index (χ2n) is 3.44. The molecule has 0 atom stereocenters. The van der Waals surface area contributed by atoms with Crippen molar-refractivity contribution < 1.29 is 0 Å². The predicted molar refractivity (Wildman–Crippen MR) is 52.3 cm³/mol. The Hall–Kier alpha value is -0.303. The summed E-state index contributed by atoms with van der Waals surface area (Å²) in [6.45, 7) is 12.8. The van der Waals surface area contributed by atoms with E-state index in [9.17, 15) is 0 Å². The van der Waals surface area contributed by atoms with Crippen LogP contribution in [0.15, 0.2) is 23.8 Å². The van der Waals surface area contributed by atoms with Crippen LogP contribution < -0.4 is 0 Å². The van der Waals surface area contributed by atoms with E-state index in [0.29, 0.717) is 0 Å². The largest absolute Gasteiger partial charge is 0.0961 e. The van der Waals surface area contributed by atoms with Gasteiger partial charge in [-0.05, 0) is 19.9 Å².